The zero-order valence-electron chi connectivity index (χ0n) is 26.1. The van der Waals surface area contributed by atoms with E-state index in [-0.39, 0.29) is 18.6 Å². The molecule has 2 aromatic rings. The van der Waals surface area contributed by atoms with Crippen molar-refractivity contribution in [1.82, 2.24) is 0 Å². The first-order valence-corrected chi connectivity index (χ1v) is 17.0. The molecule has 9 heteroatoms. The van der Waals surface area contributed by atoms with Crippen LogP contribution in [-0.4, -0.2) is 55.0 Å². The van der Waals surface area contributed by atoms with E-state index in [2.05, 4.69) is 27.7 Å². The molecule has 0 heterocycles. The summed E-state index contributed by atoms with van der Waals surface area (Å²) in [5.74, 6) is -2.99. The largest absolute Gasteiger partial charge is 0.461 e. The van der Waals surface area contributed by atoms with Crippen molar-refractivity contribution in [3.63, 3.8) is 0 Å². The normalized spacial score (nSPS) is 13.1. The van der Waals surface area contributed by atoms with E-state index in [0.717, 1.165) is 0 Å². The molecule has 0 aliphatic heterocycles. The summed E-state index contributed by atoms with van der Waals surface area (Å²) in [6.07, 6.45) is 10.7. The Morgan fingerprint density at radius 2 is 1.29 bits per heavy atom. The lowest BCUT2D eigenvalue weighted by molar-refractivity contribution is -0.929. The van der Waals surface area contributed by atoms with Crippen molar-refractivity contribution in [2.45, 2.75) is 97.5 Å². The molecule has 0 spiro atoms. The monoisotopic (exact) mass is 609 g/mol. The molecule has 2 aromatic carbocycles. The number of nitrogens with two attached hydrogens (primary N) is 1. The number of benzene rings is 2. The van der Waals surface area contributed by atoms with Gasteiger partial charge in [-0.2, -0.15) is 8.42 Å². The zero-order valence-corrected chi connectivity index (χ0v) is 27.0. The van der Waals surface area contributed by atoms with E-state index in [4.69, 9.17) is 10.5 Å². The second-order valence-corrected chi connectivity index (χ2v) is 12.7. The van der Waals surface area contributed by atoms with Crippen molar-refractivity contribution in [3.8, 4) is 0 Å². The minimum Gasteiger partial charge on any atom is -0.461 e. The van der Waals surface area contributed by atoms with E-state index in [1.165, 1.54) is 100 Å². The molecule has 42 heavy (non-hydrogen) atoms. The second-order valence-electron chi connectivity index (χ2n) is 11.1. The van der Waals surface area contributed by atoms with Gasteiger partial charge in [0.15, 0.2) is 0 Å². The maximum Gasteiger partial charge on any atom is 0.312 e. The molecule has 0 aliphatic carbocycles. The van der Waals surface area contributed by atoms with E-state index in [1.54, 1.807) is 36.4 Å². The molecule has 0 fully saturated rings. The number of ether oxygens (including phenoxy) is 1. The Balaban J connectivity index is 0.000000456. The molecule has 0 bridgehead atoms. The van der Waals surface area contributed by atoms with Gasteiger partial charge in [-0.25, -0.2) is 4.39 Å². The van der Waals surface area contributed by atoms with Crippen LogP contribution in [0.5, 0.6) is 0 Å². The molecule has 238 valence electrons. The molecule has 0 saturated heterocycles. The summed E-state index contributed by atoms with van der Waals surface area (Å²) in [7, 11) is -4.71. The van der Waals surface area contributed by atoms with E-state index in [0.29, 0.717) is 5.56 Å². The van der Waals surface area contributed by atoms with E-state index in [9.17, 15) is 22.2 Å². The zero-order chi connectivity index (χ0) is 31.4. The molecule has 0 aromatic heterocycles. The highest BCUT2D eigenvalue weighted by Gasteiger charge is 2.36. The van der Waals surface area contributed by atoms with Gasteiger partial charge in [-0.05, 0) is 49.3 Å². The van der Waals surface area contributed by atoms with Crippen LogP contribution < -0.4 is 5.73 Å². The SMILES string of the molecule is CCCC[N+](CCCC)(CCCC)CCCC.NC(C(Cc1ccccc1F)C(=O)OCc1ccccc1)S(=O)(=O)O. The molecular weight excluding hydrogens is 555 g/mol. The maximum atomic E-state index is 13.8. The van der Waals surface area contributed by atoms with Gasteiger partial charge >= 0.3 is 5.97 Å². The average Bonchev–Trinajstić information content (AvgIpc) is 2.99. The highest BCUT2D eigenvalue weighted by Crippen LogP contribution is 2.20. The van der Waals surface area contributed by atoms with Crippen LogP contribution in [0.25, 0.3) is 0 Å². The first-order valence-electron chi connectivity index (χ1n) is 15.5. The fourth-order valence-electron chi connectivity index (χ4n) is 4.92. The van der Waals surface area contributed by atoms with Crippen molar-refractivity contribution >= 4 is 16.1 Å². The number of unbranched alkanes of at least 4 members (excludes halogenated alkanes) is 4. The number of hydrogen-bond donors (Lipinski definition) is 2. The Morgan fingerprint density at radius 3 is 1.71 bits per heavy atom. The highest BCUT2D eigenvalue weighted by molar-refractivity contribution is 7.86. The molecule has 2 unspecified atom stereocenters. The predicted molar refractivity (Wildman–Crippen MR) is 169 cm³/mol. The lowest BCUT2D eigenvalue weighted by Gasteiger charge is -2.39. The van der Waals surface area contributed by atoms with E-state index in [1.807, 2.05) is 0 Å². The molecule has 0 radical (unpaired) electrons. The summed E-state index contributed by atoms with van der Waals surface area (Å²) in [4.78, 5) is 12.3. The first-order chi connectivity index (χ1) is 20.0. The Labute approximate surface area is 254 Å². The van der Waals surface area contributed by atoms with Gasteiger partial charge in [0, 0.05) is 0 Å². The first kappa shape index (κ1) is 37.7. The molecule has 0 aliphatic rings. The molecule has 2 atom stereocenters. The molecule has 0 amide bonds. The van der Waals surface area contributed by atoms with Gasteiger partial charge < -0.3 is 15.0 Å². The van der Waals surface area contributed by atoms with Crippen LogP contribution >= 0.6 is 0 Å². The van der Waals surface area contributed by atoms with Gasteiger partial charge in [0.25, 0.3) is 10.1 Å². The molecular formula is C33H54FN2O5S+. The van der Waals surface area contributed by atoms with Crippen LogP contribution in [-0.2, 0) is 32.7 Å². The van der Waals surface area contributed by atoms with Gasteiger partial charge in [-0.15, -0.1) is 0 Å². The fraction of sp³-hybridized carbons (Fsp3) is 0.606. The van der Waals surface area contributed by atoms with Gasteiger partial charge in [0.05, 0.1) is 32.1 Å². The van der Waals surface area contributed by atoms with Gasteiger partial charge in [-0.3, -0.25) is 9.35 Å². The summed E-state index contributed by atoms with van der Waals surface area (Å²) in [6, 6.07) is 14.3. The minimum absolute atomic E-state index is 0.0916. The van der Waals surface area contributed by atoms with Crippen molar-refractivity contribution in [3.05, 3.63) is 71.5 Å². The smallest absolute Gasteiger partial charge is 0.312 e. The number of rotatable bonds is 19. The van der Waals surface area contributed by atoms with Crippen LogP contribution in [0.4, 0.5) is 4.39 Å². The quantitative estimate of drug-likeness (QED) is 0.102. The number of quaternary nitrogens is 1. The van der Waals surface area contributed by atoms with E-state index >= 15 is 0 Å². The summed E-state index contributed by atoms with van der Waals surface area (Å²) >= 11 is 0. The van der Waals surface area contributed by atoms with Gasteiger partial charge in [0.2, 0.25) is 0 Å². The third kappa shape index (κ3) is 14.2. The van der Waals surface area contributed by atoms with Crippen LogP contribution in [0.15, 0.2) is 54.6 Å². The molecule has 0 saturated carbocycles. The minimum atomic E-state index is -4.71. The maximum absolute atomic E-state index is 13.8. The predicted octanol–water partition coefficient (Wildman–Crippen LogP) is 6.90. The summed E-state index contributed by atoms with van der Waals surface area (Å²) in [5.41, 5.74) is 6.30. The number of hydrogen-bond acceptors (Lipinski definition) is 5. The standard InChI is InChI=1S/C17H18FNO5S.C16H36N/c18-15-9-5-4-8-13(15)10-14(16(19)25(21,22)23)17(20)24-11-12-6-2-1-3-7-12;1-5-9-13-17(14-10-6-2,15-11-7-3)16-12-8-4/h1-9,14,16H,10-11,19H2,(H,21,22,23);5-16H2,1-4H3/q;+1. The van der Waals surface area contributed by atoms with E-state index < -0.39 is 33.2 Å². The average molecular weight is 610 g/mol. The number of carbonyl (C=O) groups is 1. The molecule has 3 N–H and O–H groups in total. The van der Waals surface area contributed by atoms with Crippen molar-refractivity contribution in [1.29, 1.82) is 0 Å². The van der Waals surface area contributed by atoms with Gasteiger partial charge in [0.1, 0.15) is 17.8 Å². The number of esters is 1. The van der Waals surface area contributed by atoms with Crippen molar-refractivity contribution < 1.29 is 31.4 Å². The number of carbonyl (C=O) groups excluding carboxylic acids is 1. The topological polar surface area (TPSA) is 107 Å². The number of nitrogens with zero attached hydrogens (tertiary/aromatic N) is 1. The third-order valence-corrected chi connectivity index (χ3v) is 8.63. The van der Waals surface area contributed by atoms with Crippen LogP contribution in [0.1, 0.15) is 90.2 Å². The molecule has 2 rings (SSSR count). The van der Waals surface area contributed by atoms with Crippen molar-refractivity contribution in [2.75, 3.05) is 26.2 Å². The van der Waals surface area contributed by atoms with Crippen LogP contribution in [0.2, 0.25) is 0 Å². The van der Waals surface area contributed by atoms with Gasteiger partial charge in [-0.1, -0.05) is 102 Å². The summed E-state index contributed by atoms with van der Waals surface area (Å²) in [5, 5.41) is -1.92. The lowest BCUT2D eigenvalue weighted by atomic mass is 9.99. The fourth-order valence-corrected chi connectivity index (χ4v) is 5.55. The molecule has 7 nitrogen and oxygen atoms in total. The van der Waals surface area contributed by atoms with Crippen LogP contribution in [0, 0.1) is 11.7 Å². The Morgan fingerprint density at radius 1 is 0.833 bits per heavy atom. The Bertz CT molecular complexity index is 1080. The summed E-state index contributed by atoms with van der Waals surface area (Å²) in [6.45, 7) is 14.9. The van der Waals surface area contributed by atoms with Crippen molar-refractivity contribution in [2.24, 2.45) is 11.7 Å². The lowest BCUT2D eigenvalue weighted by Crippen LogP contribution is -2.50. The summed E-state index contributed by atoms with van der Waals surface area (Å²) < 4.78 is 52.2. The highest BCUT2D eigenvalue weighted by atomic mass is 32.2. The Hall–Kier alpha value is -2.33. The second kappa shape index (κ2) is 20.6. The van der Waals surface area contributed by atoms with Crippen LogP contribution in [0.3, 0.4) is 0 Å². The Kier molecular flexibility index (Phi) is 18.4. The number of halogens is 1. The third-order valence-electron chi connectivity index (χ3n) is 7.61.